The molecule has 4 rings (SSSR count). The number of aromatic nitrogens is 2. The standard InChI is InChI=1S/C21H21N3O3S/c22-19(25)18(14-7-2-1-3-8-14)28-21-23-17-11-5-4-10-16(17)20(26)24(21)13-15-9-6-12-27-15/h1-5,7-8,10-11,15,18H,6,9,12-13H2,(H2,22,25). The number of rotatable bonds is 6. The van der Waals surface area contributed by atoms with Gasteiger partial charge in [-0.1, -0.05) is 54.2 Å². The van der Waals surface area contributed by atoms with Gasteiger partial charge < -0.3 is 10.5 Å². The number of nitrogens with zero attached hydrogens (tertiary/aromatic N) is 2. The highest BCUT2D eigenvalue weighted by Crippen LogP contribution is 2.34. The van der Waals surface area contributed by atoms with Gasteiger partial charge in [-0.3, -0.25) is 14.2 Å². The van der Waals surface area contributed by atoms with Crippen molar-refractivity contribution in [1.82, 2.24) is 9.55 Å². The van der Waals surface area contributed by atoms with Crippen LogP contribution in [0.4, 0.5) is 0 Å². The average Bonchev–Trinajstić information content (AvgIpc) is 3.22. The van der Waals surface area contributed by atoms with E-state index in [1.165, 1.54) is 11.8 Å². The van der Waals surface area contributed by atoms with E-state index in [-0.39, 0.29) is 11.7 Å². The molecule has 0 spiro atoms. The molecule has 1 saturated heterocycles. The number of benzene rings is 2. The molecule has 2 atom stereocenters. The molecule has 1 aromatic heterocycles. The first-order valence-electron chi connectivity index (χ1n) is 9.25. The van der Waals surface area contributed by atoms with Gasteiger partial charge in [0.25, 0.3) is 5.56 Å². The van der Waals surface area contributed by atoms with Crippen LogP contribution in [-0.2, 0) is 16.1 Å². The summed E-state index contributed by atoms with van der Waals surface area (Å²) in [5.41, 5.74) is 6.95. The van der Waals surface area contributed by atoms with Gasteiger partial charge in [0.2, 0.25) is 5.91 Å². The molecule has 2 N–H and O–H groups in total. The topological polar surface area (TPSA) is 87.2 Å². The SMILES string of the molecule is NC(=O)C(Sc1nc2ccccc2c(=O)n1CC1CCCO1)c1ccccc1. The highest BCUT2D eigenvalue weighted by atomic mass is 32.2. The van der Waals surface area contributed by atoms with E-state index in [1.807, 2.05) is 42.5 Å². The number of thioether (sulfide) groups is 1. The van der Waals surface area contributed by atoms with Crippen LogP contribution in [0.15, 0.2) is 64.5 Å². The third-order valence-corrected chi connectivity index (χ3v) is 6.08. The Kier molecular flexibility index (Phi) is 5.45. The Morgan fingerprint density at radius 1 is 1.21 bits per heavy atom. The Morgan fingerprint density at radius 3 is 2.68 bits per heavy atom. The summed E-state index contributed by atoms with van der Waals surface area (Å²) in [4.78, 5) is 30.0. The summed E-state index contributed by atoms with van der Waals surface area (Å²) >= 11 is 1.21. The van der Waals surface area contributed by atoms with Crippen LogP contribution in [0.2, 0.25) is 0 Å². The highest BCUT2D eigenvalue weighted by Gasteiger charge is 2.25. The number of hydrogen-bond acceptors (Lipinski definition) is 5. The van der Waals surface area contributed by atoms with Gasteiger partial charge in [0.1, 0.15) is 5.25 Å². The number of carbonyl (C=O) groups is 1. The average molecular weight is 395 g/mol. The molecule has 2 unspecified atom stereocenters. The molecule has 0 saturated carbocycles. The molecule has 7 heteroatoms. The molecule has 1 amide bonds. The monoisotopic (exact) mass is 395 g/mol. The van der Waals surface area contributed by atoms with Crippen molar-refractivity contribution in [2.24, 2.45) is 5.73 Å². The molecular formula is C21H21N3O3S. The van der Waals surface area contributed by atoms with E-state index in [2.05, 4.69) is 4.98 Å². The van der Waals surface area contributed by atoms with Gasteiger partial charge >= 0.3 is 0 Å². The zero-order valence-electron chi connectivity index (χ0n) is 15.3. The van der Waals surface area contributed by atoms with Gasteiger partial charge in [-0.15, -0.1) is 0 Å². The lowest BCUT2D eigenvalue weighted by molar-refractivity contribution is -0.117. The number of carbonyl (C=O) groups excluding carboxylic acids is 1. The largest absolute Gasteiger partial charge is 0.376 e. The number of fused-ring (bicyclic) bond motifs is 1. The fraction of sp³-hybridized carbons (Fsp3) is 0.286. The molecule has 0 bridgehead atoms. The van der Waals surface area contributed by atoms with Gasteiger partial charge in [0, 0.05) is 6.61 Å². The lowest BCUT2D eigenvalue weighted by Crippen LogP contribution is -2.29. The lowest BCUT2D eigenvalue weighted by Gasteiger charge is -2.19. The third kappa shape index (κ3) is 3.81. The molecule has 0 aliphatic carbocycles. The summed E-state index contributed by atoms with van der Waals surface area (Å²) < 4.78 is 7.35. The minimum atomic E-state index is -0.634. The van der Waals surface area contributed by atoms with Crippen molar-refractivity contribution < 1.29 is 9.53 Å². The smallest absolute Gasteiger partial charge is 0.262 e. The fourth-order valence-electron chi connectivity index (χ4n) is 3.41. The Bertz CT molecular complexity index is 1050. The zero-order chi connectivity index (χ0) is 19.5. The molecule has 3 aromatic rings. The Labute approximate surface area is 166 Å². The van der Waals surface area contributed by atoms with E-state index in [4.69, 9.17) is 10.5 Å². The third-order valence-electron chi connectivity index (χ3n) is 4.82. The van der Waals surface area contributed by atoms with Crippen LogP contribution >= 0.6 is 11.8 Å². The van der Waals surface area contributed by atoms with Gasteiger partial charge in [0.15, 0.2) is 5.16 Å². The van der Waals surface area contributed by atoms with Crippen molar-refractivity contribution in [3.05, 3.63) is 70.5 Å². The summed E-state index contributed by atoms with van der Waals surface area (Å²) in [6, 6.07) is 16.6. The predicted molar refractivity (Wildman–Crippen MR) is 109 cm³/mol. The molecule has 2 heterocycles. The normalized spacial score (nSPS) is 17.6. The minimum absolute atomic E-state index is 0.0243. The molecule has 1 fully saturated rings. The summed E-state index contributed by atoms with van der Waals surface area (Å²) in [7, 11) is 0. The zero-order valence-corrected chi connectivity index (χ0v) is 16.1. The van der Waals surface area contributed by atoms with Gasteiger partial charge in [-0.25, -0.2) is 4.98 Å². The van der Waals surface area contributed by atoms with Gasteiger partial charge in [-0.2, -0.15) is 0 Å². The van der Waals surface area contributed by atoms with Crippen LogP contribution in [0.3, 0.4) is 0 Å². The maximum absolute atomic E-state index is 13.2. The number of para-hydroxylation sites is 1. The fourth-order valence-corrected chi connectivity index (χ4v) is 4.47. The summed E-state index contributed by atoms with van der Waals surface area (Å²) in [5.74, 6) is -0.470. The van der Waals surface area contributed by atoms with E-state index in [0.717, 1.165) is 18.4 Å². The molecule has 6 nitrogen and oxygen atoms in total. The number of primary amides is 1. The quantitative estimate of drug-likeness (QED) is 0.512. The Morgan fingerprint density at radius 2 is 1.96 bits per heavy atom. The van der Waals surface area contributed by atoms with Crippen LogP contribution in [0, 0.1) is 0 Å². The van der Waals surface area contributed by atoms with Crippen molar-refractivity contribution in [3.63, 3.8) is 0 Å². The molecule has 0 radical (unpaired) electrons. The first-order valence-corrected chi connectivity index (χ1v) is 10.1. The molecule has 28 heavy (non-hydrogen) atoms. The van der Waals surface area contributed by atoms with Crippen LogP contribution < -0.4 is 11.3 Å². The predicted octanol–water partition coefficient (Wildman–Crippen LogP) is 2.89. The van der Waals surface area contributed by atoms with E-state index < -0.39 is 11.2 Å². The number of ether oxygens (including phenoxy) is 1. The number of nitrogens with two attached hydrogens (primary N) is 1. The maximum atomic E-state index is 13.2. The van der Waals surface area contributed by atoms with Gasteiger partial charge in [-0.05, 0) is 30.5 Å². The first kappa shape index (κ1) is 18.7. The van der Waals surface area contributed by atoms with Crippen molar-refractivity contribution >= 4 is 28.6 Å². The van der Waals surface area contributed by atoms with Crippen molar-refractivity contribution in [1.29, 1.82) is 0 Å². The Balaban J connectivity index is 1.79. The summed E-state index contributed by atoms with van der Waals surface area (Å²) in [5, 5.41) is 0.400. The molecular weight excluding hydrogens is 374 g/mol. The van der Waals surface area contributed by atoms with Crippen molar-refractivity contribution in [2.45, 2.75) is 35.9 Å². The van der Waals surface area contributed by atoms with Crippen molar-refractivity contribution in [2.75, 3.05) is 6.61 Å². The molecule has 1 aliphatic heterocycles. The molecule has 1 aliphatic rings. The van der Waals surface area contributed by atoms with Crippen LogP contribution in [0.25, 0.3) is 10.9 Å². The second-order valence-corrected chi connectivity index (χ2v) is 7.85. The van der Waals surface area contributed by atoms with Gasteiger partial charge in [0.05, 0.1) is 23.6 Å². The highest BCUT2D eigenvalue weighted by molar-refractivity contribution is 8.00. The van der Waals surface area contributed by atoms with Crippen LogP contribution in [-0.4, -0.2) is 28.2 Å². The van der Waals surface area contributed by atoms with Crippen molar-refractivity contribution in [3.8, 4) is 0 Å². The minimum Gasteiger partial charge on any atom is -0.376 e. The number of hydrogen-bond donors (Lipinski definition) is 1. The summed E-state index contributed by atoms with van der Waals surface area (Å²) in [6.07, 6.45) is 1.86. The second kappa shape index (κ2) is 8.16. The summed E-state index contributed by atoms with van der Waals surface area (Å²) in [6.45, 7) is 1.12. The maximum Gasteiger partial charge on any atom is 0.262 e. The van der Waals surface area contributed by atoms with Crippen LogP contribution in [0.5, 0.6) is 0 Å². The Hall–Kier alpha value is -2.64. The number of amides is 1. The molecule has 144 valence electrons. The second-order valence-electron chi connectivity index (χ2n) is 6.77. The van der Waals surface area contributed by atoms with Crippen LogP contribution in [0.1, 0.15) is 23.7 Å². The lowest BCUT2D eigenvalue weighted by atomic mass is 10.1. The van der Waals surface area contributed by atoms with E-state index >= 15 is 0 Å². The molecule has 2 aromatic carbocycles. The first-order chi connectivity index (χ1) is 13.6. The van der Waals surface area contributed by atoms with E-state index in [9.17, 15) is 9.59 Å². The van der Waals surface area contributed by atoms with E-state index in [0.29, 0.717) is 29.2 Å². The van der Waals surface area contributed by atoms with E-state index in [1.54, 1.807) is 16.7 Å².